The number of amides is 1. The van der Waals surface area contributed by atoms with E-state index in [0.29, 0.717) is 6.42 Å². The Kier molecular flexibility index (Phi) is 2.91. The van der Waals surface area contributed by atoms with E-state index in [2.05, 4.69) is 22.9 Å². The topological polar surface area (TPSA) is 42.0 Å². The van der Waals surface area contributed by atoms with E-state index < -0.39 is 0 Å². The van der Waals surface area contributed by atoms with Crippen LogP contribution in [-0.2, 0) is 17.6 Å². The van der Waals surface area contributed by atoms with E-state index in [9.17, 15) is 4.79 Å². The van der Waals surface area contributed by atoms with Crippen molar-refractivity contribution >= 4 is 35.0 Å². The molecule has 1 heterocycles. The molecule has 2 aliphatic carbocycles. The Balaban J connectivity index is 1.60. The zero-order valence-corrected chi connectivity index (χ0v) is 11.4. The molecule has 1 aromatic rings. The molecule has 0 bridgehead atoms. The largest absolute Gasteiger partial charge is 0.302 e. The van der Waals surface area contributed by atoms with Gasteiger partial charge in [-0.1, -0.05) is 0 Å². The summed E-state index contributed by atoms with van der Waals surface area (Å²) < 4.78 is 0. The van der Waals surface area contributed by atoms with Gasteiger partial charge in [0.2, 0.25) is 5.91 Å². The Labute approximate surface area is 110 Å². The number of aryl methyl sites for hydroxylation is 2. The van der Waals surface area contributed by atoms with Crippen LogP contribution in [0.4, 0.5) is 5.13 Å². The monoisotopic (exact) mass is 268 g/mol. The van der Waals surface area contributed by atoms with E-state index in [4.69, 9.17) is 0 Å². The van der Waals surface area contributed by atoms with E-state index in [-0.39, 0.29) is 11.3 Å². The van der Waals surface area contributed by atoms with Crippen molar-refractivity contribution in [1.82, 2.24) is 4.98 Å². The fourth-order valence-electron chi connectivity index (χ4n) is 2.32. The number of nitrogens with one attached hydrogen (secondary N) is 1. The maximum Gasteiger partial charge on any atom is 0.226 e. The summed E-state index contributed by atoms with van der Waals surface area (Å²) in [7, 11) is 0. The standard InChI is InChI=1S/C12H16N2OS2/c15-10(6-12(7-16)4-5-12)14-11-13-8-2-1-3-9(8)17-11/h16H,1-7H2,(H,13,14,15). The minimum absolute atomic E-state index is 0.101. The summed E-state index contributed by atoms with van der Waals surface area (Å²) in [6.45, 7) is 0. The highest BCUT2D eigenvalue weighted by molar-refractivity contribution is 7.80. The predicted octanol–water partition coefficient (Wildman–Crippen LogP) is 2.67. The number of thiol groups is 1. The molecule has 0 aliphatic heterocycles. The number of rotatable bonds is 4. The highest BCUT2D eigenvalue weighted by atomic mass is 32.1. The molecule has 0 unspecified atom stereocenters. The van der Waals surface area contributed by atoms with E-state index in [1.54, 1.807) is 11.3 Å². The molecule has 1 N–H and O–H groups in total. The van der Waals surface area contributed by atoms with Crippen molar-refractivity contribution in [2.75, 3.05) is 11.1 Å². The smallest absolute Gasteiger partial charge is 0.226 e. The number of fused-ring (bicyclic) bond motifs is 1. The Hall–Kier alpha value is -0.550. The molecule has 3 rings (SSSR count). The van der Waals surface area contributed by atoms with E-state index >= 15 is 0 Å². The molecule has 1 saturated carbocycles. The SMILES string of the molecule is O=C(CC1(CS)CC1)Nc1nc2c(s1)CCC2. The minimum atomic E-state index is 0.101. The van der Waals surface area contributed by atoms with Gasteiger partial charge in [-0.05, 0) is 43.3 Å². The van der Waals surface area contributed by atoms with Crippen LogP contribution in [0.2, 0.25) is 0 Å². The van der Waals surface area contributed by atoms with Gasteiger partial charge in [0, 0.05) is 11.3 Å². The molecule has 1 amide bonds. The third-order valence-corrected chi connectivity index (χ3v) is 5.41. The van der Waals surface area contributed by atoms with Gasteiger partial charge in [0.05, 0.1) is 5.69 Å². The highest BCUT2D eigenvalue weighted by Gasteiger charge is 2.43. The number of hydrogen-bond donors (Lipinski definition) is 2. The van der Waals surface area contributed by atoms with Crippen molar-refractivity contribution in [3.8, 4) is 0 Å². The van der Waals surface area contributed by atoms with Crippen molar-refractivity contribution in [3.05, 3.63) is 10.6 Å². The van der Waals surface area contributed by atoms with E-state index in [1.807, 2.05) is 0 Å². The van der Waals surface area contributed by atoms with Gasteiger partial charge in [-0.25, -0.2) is 4.98 Å². The average Bonchev–Trinajstić information content (AvgIpc) is 2.74. The van der Waals surface area contributed by atoms with Crippen LogP contribution in [0.15, 0.2) is 0 Å². The predicted molar refractivity (Wildman–Crippen MR) is 72.9 cm³/mol. The van der Waals surface area contributed by atoms with Crippen LogP contribution < -0.4 is 5.32 Å². The van der Waals surface area contributed by atoms with Crippen molar-refractivity contribution in [3.63, 3.8) is 0 Å². The maximum absolute atomic E-state index is 11.9. The molecule has 0 radical (unpaired) electrons. The molecule has 5 heteroatoms. The molecule has 0 saturated heterocycles. The number of carbonyl (C=O) groups is 1. The van der Waals surface area contributed by atoms with Crippen LogP contribution in [0.1, 0.15) is 36.3 Å². The molecule has 3 nitrogen and oxygen atoms in total. The normalized spacial score (nSPS) is 20.1. The van der Waals surface area contributed by atoms with Gasteiger partial charge in [0.1, 0.15) is 0 Å². The van der Waals surface area contributed by atoms with Crippen LogP contribution in [0, 0.1) is 5.41 Å². The van der Waals surface area contributed by atoms with Gasteiger partial charge >= 0.3 is 0 Å². The van der Waals surface area contributed by atoms with Crippen molar-refractivity contribution in [1.29, 1.82) is 0 Å². The molecule has 17 heavy (non-hydrogen) atoms. The lowest BCUT2D eigenvalue weighted by Gasteiger charge is -2.10. The fraction of sp³-hybridized carbons (Fsp3) is 0.667. The Morgan fingerprint density at radius 1 is 1.47 bits per heavy atom. The van der Waals surface area contributed by atoms with Crippen LogP contribution >= 0.6 is 24.0 Å². The third kappa shape index (κ3) is 2.36. The van der Waals surface area contributed by atoms with Crippen molar-refractivity contribution in [2.24, 2.45) is 5.41 Å². The number of anilines is 1. The van der Waals surface area contributed by atoms with Gasteiger partial charge < -0.3 is 5.32 Å². The van der Waals surface area contributed by atoms with Crippen LogP contribution in [-0.4, -0.2) is 16.6 Å². The van der Waals surface area contributed by atoms with Crippen LogP contribution in [0.25, 0.3) is 0 Å². The molecule has 0 aromatic carbocycles. The van der Waals surface area contributed by atoms with Crippen molar-refractivity contribution in [2.45, 2.75) is 38.5 Å². The molecular formula is C12H16N2OS2. The van der Waals surface area contributed by atoms with Gasteiger partial charge in [-0.3, -0.25) is 4.79 Å². The lowest BCUT2D eigenvalue weighted by Crippen LogP contribution is -2.18. The third-order valence-electron chi connectivity index (χ3n) is 3.67. The van der Waals surface area contributed by atoms with E-state index in [0.717, 1.165) is 36.6 Å². The first-order valence-corrected chi connectivity index (χ1v) is 7.55. The summed E-state index contributed by atoms with van der Waals surface area (Å²) >= 11 is 5.96. The lowest BCUT2D eigenvalue weighted by atomic mass is 10.1. The molecule has 1 fully saturated rings. The zero-order chi connectivity index (χ0) is 11.9. The van der Waals surface area contributed by atoms with Gasteiger partial charge in [-0.15, -0.1) is 11.3 Å². The molecule has 92 valence electrons. The summed E-state index contributed by atoms with van der Waals surface area (Å²) in [5.74, 6) is 0.915. The number of nitrogens with zero attached hydrogens (tertiary/aromatic N) is 1. The molecule has 0 spiro atoms. The second-order valence-electron chi connectivity index (χ2n) is 5.13. The number of hydrogen-bond acceptors (Lipinski definition) is 4. The van der Waals surface area contributed by atoms with Gasteiger partial charge in [0.25, 0.3) is 0 Å². The summed E-state index contributed by atoms with van der Waals surface area (Å²) in [5, 5.41) is 3.72. The van der Waals surface area contributed by atoms with Crippen LogP contribution in [0.3, 0.4) is 0 Å². The molecular weight excluding hydrogens is 252 g/mol. The second kappa shape index (κ2) is 4.28. The second-order valence-corrected chi connectivity index (χ2v) is 6.53. The van der Waals surface area contributed by atoms with Gasteiger partial charge in [0.15, 0.2) is 5.13 Å². The molecule has 2 aliphatic rings. The Morgan fingerprint density at radius 3 is 2.94 bits per heavy atom. The summed E-state index contributed by atoms with van der Waals surface area (Å²) in [4.78, 5) is 17.7. The Morgan fingerprint density at radius 2 is 2.29 bits per heavy atom. The summed E-state index contributed by atoms with van der Waals surface area (Å²) in [5.41, 5.74) is 1.38. The summed E-state index contributed by atoms with van der Waals surface area (Å²) in [6.07, 6.45) is 6.29. The fourth-order valence-corrected chi connectivity index (χ4v) is 3.81. The number of thiazole rings is 1. The van der Waals surface area contributed by atoms with E-state index in [1.165, 1.54) is 17.0 Å². The number of aromatic nitrogens is 1. The molecule has 0 atom stereocenters. The summed E-state index contributed by atoms with van der Waals surface area (Å²) in [6, 6.07) is 0. The quantitative estimate of drug-likeness (QED) is 0.824. The lowest BCUT2D eigenvalue weighted by molar-refractivity contribution is -0.117. The van der Waals surface area contributed by atoms with Crippen LogP contribution in [0.5, 0.6) is 0 Å². The first-order chi connectivity index (χ1) is 8.21. The first-order valence-electron chi connectivity index (χ1n) is 6.10. The average molecular weight is 268 g/mol. The first kappa shape index (κ1) is 11.5. The minimum Gasteiger partial charge on any atom is -0.302 e. The Bertz CT molecular complexity index is 430. The molecule has 1 aromatic heterocycles. The highest BCUT2D eigenvalue weighted by Crippen LogP contribution is 2.49. The van der Waals surface area contributed by atoms with Gasteiger partial charge in [-0.2, -0.15) is 12.6 Å². The van der Waals surface area contributed by atoms with Crippen molar-refractivity contribution < 1.29 is 4.79 Å². The zero-order valence-electron chi connectivity index (χ0n) is 9.66. The number of carbonyl (C=O) groups excluding carboxylic acids is 1. The maximum atomic E-state index is 11.9.